The Morgan fingerprint density at radius 1 is 1.33 bits per heavy atom. The first-order valence-corrected chi connectivity index (χ1v) is 6.86. The number of rotatable bonds is 4. The van der Waals surface area contributed by atoms with E-state index in [-0.39, 0.29) is 17.3 Å². The van der Waals surface area contributed by atoms with Crippen LogP contribution in [0.25, 0.3) is 0 Å². The SMILES string of the molecule is CC(C)C1(C(=O)c2ccccc2OC(F)(F)F)CCNC1. The van der Waals surface area contributed by atoms with Gasteiger partial charge in [-0.1, -0.05) is 26.0 Å². The molecule has 0 spiro atoms. The van der Waals surface area contributed by atoms with Gasteiger partial charge in [0.2, 0.25) is 0 Å². The van der Waals surface area contributed by atoms with Gasteiger partial charge in [0.25, 0.3) is 0 Å². The molecular formula is C15H18F3NO2. The molecule has 1 saturated heterocycles. The first-order chi connectivity index (χ1) is 9.76. The number of hydrogen-bond acceptors (Lipinski definition) is 3. The molecule has 0 amide bonds. The summed E-state index contributed by atoms with van der Waals surface area (Å²) in [7, 11) is 0. The van der Waals surface area contributed by atoms with E-state index in [2.05, 4.69) is 10.1 Å². The highest BCUT2D eigenvalue weighted by Crippen LogP contribution is 2.40. The van der Waals surface area contributed by atoms with Crippen LogP contribution in [0, 0.1) is 11.3 Å². The zero-order chi connectivity index (χ0) is 15.7. The van der Waals surface area contributed by atoms with E-state index in [1.54, 1.807) is 6.07 Å². The normalized spacial score (nSPS) is 22.6. The van der Waals surface area contributed by atoms with Crippen molar-refractivity contribution in [3.05, 3.63) is 29.8 Å². The van der Waals surface area contributed by atoms with E-state index in [9.17, 15) is 18.0 Å². The molecule has 0 bridgehead atoms. The zero-order valence-corrected chi connectivity index (χ0v) is 12.0. The maximum atomic E-state index is 12.8. The third-order valence-corrected chi connectivity index (χ3v) is 4.10. The molecule has 1 unspecified atom stereocenters. The second-order valence-electron chi connectivity index (χ2n) is 5.61. The minimum absolute atomic E-state index is 0.00720. The summed E-state index contributed by atoms with van der Waals surface area (Å²) in [6.07, 6.45) is -4.20. The molecule has 21 heavy (non-hydrogen) atoms. The summed E-state index contributed by atoms with van der Waals surface area (Å²) < 4.78 is 41.4. The molecular weight excluding hydrogens is 283 g/mol. The van der Waals surface area contributed by atoms with Gasteiger partial charge in [0.05, 0.1) is 5.56 Å². The highest BCUT2D eigenvalue weighted by Gasteiger charge is 2.45. The third-order valence-electron chi connectivity index (χ3n) is 4.10. The van der Waals surface area contributed by atoms with Crippen LogP contribution in [0.2, 0.25) is 0 Å². The fourth-order valence-electron chi connectivity index (χ4n) is 2.80. The lowest BCUT2D eigenvalue weighted by molar-refractivity contribution is -0.274. The summed E-state index contributed by atoms with van der Waals surface area (Å²) in [4.78, 5) is 12.8. The van der Waals surface area contributed by atoms with Gasteiger partial charge in [-0.2, -0.15) is 0 Å². The minimum atomic E-state index is -4.81. The zero-order valence-electron chi connectivity index (χ0n) is 12.0. The molecule has 0 aliphatic carbocycles. The lowest BCUT2D eigenvalue weighted by Gasteiger charge is -2.31. The van der Waals surface area contributed by atoms with E-state index in [0.29, 0.717) is 19.5 Å². The van der Waals surface area contributed by atoms with Crippen molar-refractivity contribution in [3.8, 4) is 5.75 Å². The molecule has 1 aliphatic heterocycles. The quantitative estimate of drug-likeness (QED) is 0.866. The predicted octanol–water partition coefficient (Wildman–Crippen LogP) is 3.40. The second kappa shape index (κ2) is 5.67. The summed E-state index contributed by atoms with van der Waals surface area (Å²) >= 11 is 0. The average molecular weight is 301 g/mol. The Morgan fingerprint density at radius 2 is 2.00 bits per heavy atom. The number of carbonyl (C=O) groups is 1. The van der Waals surface area contributed by atoms with E-state index in [4.69, 9.17) is 0 Å². The number of halogens is 3. The number of carbonyl (C=O) groups excluding carboxylic acids is 1. The van der Waals surface area contributed by atoms with E-state index in [1.165, 1.54) is 18.2 Å². The predicted molar refractivity (Wildman–Crippen MR) is 72.2 cm³/mol. The lowest BCUT2D eigenvalue weighted by Crippen LogP contribution is -2.39. The van der Waals surface area contributed by atoms with Crippen LogP contribution in [-0.2, 0) is 0 Å². The Kier molecular flexibility index (Phi) is 4.27. The molecule has 1 N–H and O–H groups in total. The van der Waals surface area contributed by atoms with Gasteiger partial charge in [-0.3, -0.25) is 4.79 Å². The van der Waals surface area contributed by atoms with Gasteiger partial charge in [-0.25, -0.2) is 0 Å². The molecule has 1 atom stereocenters. The summed E-state index contributed by atoms with van der Waals surface area (Å²) in [5.74, 6) is -0.691. The van der Waals surface area contributed by atoms with Gasteiger partial charge in [0, 0.05) is 12.0 Å². The van der Waals surface area contributed by atoms with Gasteiger partial charge < -0.3 is 10.1 Å². The van der Waals surface area contributed by atoms with Gasteiger partial charge in [-0.05, 0) is 31.0 Å². The van der Waals surface area contributed by atoms with Gasteiger partial charge >= 0.3 is 6.36 Å². The lowest BCUT2D eigenvalue weighted by atomic mass is 9.71. The Hall–Kier alpha value is -1.56. The molecule has 0 aromatic heterocycles. The van der Waals surface area contributed by atoms with E-state index >= 15 is 0 Å². The van der Waals surface area contributed by atoms with Crippen molar-refractivity contribution in [1.82, 2.24) is 5.32 Å². The van der Waals surface area contributed by atoms with Crippen LogP contribution in [-0.4, -0.2) is 25.2 Å². The Morgan fingerprint density at radius 3 is 2.52 bits per heavy atom. The van der Waals surface area contributed by atoms with Crippen LogP contribution in [0.15, 0.2) is 24.3 Å². The summed E-state index contributed by atoms with van der Waals surface area (Å²) in [5, 5.41) is 3.13. The second-order valence-corrected chi connectivity index (χ2v) is 5.61. The maximum absolute atomic E-state index is 12.8. The number of Topliss-reactive ketones (excluding diaryl/α,β-unsaturated/α-hetero) is 1. The Balaban J connectivity index is 2.39. The molecule has 0 saturated carbocycles. The van der Waals surface area contributed by atoms with Crippen molar-refractivity contribution in [2.75, 3.05) is 13.1 Å². The maximum Gasteiger partial charge on any atom is 0.573 e. The summed E-state index contributed by atoms with van der Waals surface area (Å²) in [5.41, 5.74) is -0.683. The van der Waals surface area contributed by atoms with Crippen molar-refractivity contribution in [2.24, 2.45) is 11.3 Å². The molecule has 1 aliphatic rings. The number of para-hydroxylation sites is 1. The summed E-state index contributed by atoms with van der Waals surface area (Å²) in [6, 6.07) is 5.54. The molecule has 2 rings (SSSR count). The van der Waals surface area contributed by atoms with Crippen LogP contribution in [0.4, 0.5) is 13.2 Å². The largest absolute Gasteiger partial charge is 0.573 e. The van der Waals surface area contributed by atoms with E-state index in [1.807, 2.05) is 13.8 Å². The number of alkyl halides is 3. The van der Waals surface area contributed by atoms with Gasteiger partial charge in [0.1, 0.15) is 5.75 Å². The highest BCUT2D eigenvalue weighted by atomic mass is 19.4. The average Bonchev–Trinajstić information content (AvgIpc) is 2.87. The van der Waals surface area contributed by atoms with Crippen molar-refractivity contribution in [3.63, 3.8) is 0 Å². The number of nitrogens with one attached hydrogen (secondary N) is 1. The topological polar surface area (TPSA) is 38.3 Å². The van der Waals surface area contributed by atoms with Gasteiger partial charge in [-0.15, -0.1) is 13.2 Å². The first-order valence-electron chi connectivity index (χ1n) is 6.86. The number of ketones is 1. The van der Waals surface area contributed by atoms with Crippen LogP contribution >= 0.6 is 0 Å². The minimum Gasteiger partial charge on any atom is -0.405 e. The number of hydrogen-bond donors (Lipinski definition) is 1. The molecule has 1 fully saturated rings. The molecule has 1 heterocycles. The van der Waals surface area contributed by atoms with Crippen molar-refractivity contribution in [1.29, 1.82) is 0 Å². The van der Waals surface area contributed by atoms with E-state index in [0.717, 1.165) is 0 Å². The highest BCUT2D eigenvalue weighted by molar-refractivity contribution is 6.03. The van der Waals surface area contributed by atoms with Gasteiger partial charge in [0.15, 0.2) is 5.78 Å². The molecule has 3 nitrogen and oxygen atoms in total. The Labute approximate surface area is 121 Å². The monoisotopic (exact) mass is 301 g/mol. The van der Waals surface area contributed by atoms with Crippen molar-refractivity contribution >= 4 is 5.78 Å². The summed E-state index contributed by atoms with van der Waals surface area (Å²) in [6.45, 7) is 4.99. The van der Waals surface area contributed by atoms with Crippen molar-refractivity contribution in [2.45, 2.75) is 26.6 Å². The standard InChI is InChI=1S/C15H18F3NO2/c1-10(2)14(7-8-19-9-14)13(20)11-5-3-4-6-12(11)21-15(16,17)18/h3-6,10,19H,7-9H2,1-2H3. The van der Waals surface area contributed by atoms with Crippen LogP contribution < -0.4 is 10.1 Å². The third kappa shape index (κ3) is 3.20. The van der Waals surface area contributed by atoms with Crippen LogP contribution in [0.5, 0.6) is 5.75 Å². The number of ether oxygens (including phenoxy) is 1. The van der Waals surface area contributed by atoms with Crippen LogP contribution in [0.3, 0.4) is 0 Å². The molecule has 1 aromatic carbocycles. The van der Waals surface area contributed by atoms with Crippen LogP contribution in [0.1, 0.15) is 30.6 Å². The molecule has 6 heteroatoms. The fraction of sp³-hybridized carbons (Fsp3) is 0.533. The van der Waals surface area contributed by atoms with E-state index < -0.39 is 17.5 Å². The number of benzene rings is 1. The smallest absolute Gasteiger partial charge is 0.405 e. The fourth-order valence-corrected chi connectivity index (χ4v) is 2.80. The first kappa shape index (κ1) is 15.8. The molecule has 0 radical (unpaired) electrons. The molecule has 116 valence electrons. The molecule has 1 aromatic rings. The van der Waals surface area contributed by atoms with Crippen molar-refractivity contribution < 1.29 is 22.7 Å². The Bertz CT molecular complexity index is 520.